The van der Waals surface area contributed by atoms with Crippen LogP contribution in [0.4, 0.5) is 4.39 Å². The maximum Gasteiger partial charge on any atom is 0.337 e. The van der Waals surface area contributed by atoms with Crippen LogP contribution in [0.1, 0.15) is 31.1 Å². The quantitative estimate of drug-likeness (QED) is 0.857. The van der Waals surface area contributed by atoms with Crippen LogP contribution in [0.15, 0.2) is 12.1 Å². The van der Waals surface area contributed by atoms with Gasteiger partial charge in [-0.05, 0) is 26.0 Å². The van der Waals surface area contributed by atoms with E-state index < -0.39 is 17.7 Å². The number of aliphatic carboxylic acids is 1. The predicted octanol–water partition coefficient (Wildman–Crippen LogP) is 2.03. The number of carbonyl (C=O) groups is 1. The number of ether oxygens (including phenoxy) is 2. The van der Waals surface area contributed by atoms with Gasteiger partial charge in [0.1, 0.15) is 17.2 Å². The maximum atomic E-state index is 14.1. The third kappa shape index (κ3) is 3.14. The lowest BCUT2D eigenvalue weighted by atomic mass is 9.95. The molecule has 5 nitrogen and oxygen atoms in total. The maximum absolute atomic E-state index is 14.1. The molecule has 1 aromatic rings. The van der Waals surface area contributed by atoms with Crippen LogP contribution in [0.5, 0.6) is 11.5 Å². The molecule has 0 aliphatic rings. The lowest BCUT2D eigenvalue weighted by molar-refractivity contribution is -0.147. The largest absolute Gasteiger partial charge is 0.496 e. The van der Waals surface area contributed by atoms with E-state index in [1.807, 2.05) is 0 Å². The number of halogens is 1. The lowest BCUT2D eigenvalue weighted by Gasteiger charge is -2.21. The monoisotopic (exact) mass is 272 g/mol. The highest BCUT2D eigenvalue weighted by molar-refractivity contribution is 5.75. The molecule has 1 aromatic carbocycles. The second-order valence-electron chi connectivity index (χ2n) is 4.51. The molecular weight excluding hydrogens is 255 g/mol. The molecule has 2 N–H and O–H groups in total. The molecule has 19 heavy (non-hydrogen) atoms. The summed E-state index contributed by atoms with van der Waals surface area (Å²) in [6, 6.07) is 2.61. The van der Waals surface area contributed by atoms with Gasteiger partial charge in [-0.1, -0.05) is 0 Å². The average molecular weight is 272 g/mol. The molecule has 0 heterocycles. The molecule has 0 aliphatic carbocycles. The van der Waals surface area contributed by atoms with Crippen LogP contribution in [0.3, 0.4) is 0 Å². The Kier molecular flexibility index (Phi) is 4.36. The predicted molar refractivity (Wildman–Crippen MR) is 66.3 cm³/mol. The number of rotatable bonds is 5. The Morgan fingerprint density at radius 2 is 1.79 bits per heavy atom. The Morgan fingerprint density at radius 1 is 1.26 bits per heavy atom. The van der Waals surface area contributed by atoms with Crippen molar-refractivity contribution in [1.82, 2.24) is 0 Å². The van der Waals surface area contributed by atoms with Crippen LogP contribution >= 0.6 is 0 Å². The van der Waals surface area contributed by atoms with Gasteiger partial charge in [-0.15, -0.1) is 0 Å². The van der Waals surface area contributed by atoms with Gasteiger partial charge in [0.15, 0.2) is 6.10 Å². The number of benzene rings is 1. The van der Waals surface area contributed by atoms with Gasteiger partial charge in [-0.2, -0.15) is 0 Å². The minimum absolute atomic E-state index is 0.0138. The average Bonchev–Trinajstić information content (AvgIpc) is 2.34. The van der Waals surface area contributed by atoms with Gasteiger partial charge in [0.05, 0.1) is 14.2 Å². The molecule has 0 saturated heterocycles. The van der Waals surface area contributed by atoms with Gasteiger partial charge in [0, 0.05) is 11.1 Å². The van der Waals surface area contributed by atoms with Crippen molar-refractivity contribution in [2.75, 3.05) is 14.2 Å². The van der Waals surface area contributed by atoms with Gasteiger partial charge in [-0.25, -0.2) is 9.18 Å². The van der Waals surface area contributed by atoms with Crippen LogP contribution < -0.4 is 9.47 Å². The first-order valence-electron chi connectivity index (χ1n) is 5.58. The van der Waals surface area contributed by atoms with Gasteiger partial charge in [0.2, 0.25) is 0 Å². The smallest absolute Gasteiger partial charge is 0.337 e. The van der Waals surface area contributed by atoms with Gasteiger partial charge < -0.3 is 19.7 Å². The van der Waals surface area contributed by atoms with E-state index >= 15 is 0 Å². The molecule has 106 valence electrons. The Morgan fingerprint density at radius 3 is 2.16 bits per heavy atom. The molecule has 0 spiro atoms. The summed E-state index contributed by atoms with van der Waals surface area (Å²) in [5.74, 6) is -1.17. The molecule has 0 fully saturated rings. The molecular formula is C13H17FO5. The van der Waals surface area contributed by atoms with Crippen molar-refractivity contribution in [2.24, 2.45) is 0 Å². The van der Waals surface area contributed by atoms with Gasteiger partial charge >= 0.3 is 5.97 Å². The highest BCUT2D eigenvalue weighted by Crippen LogP contribution is 2.39. The SMILES string of the molecule is COc1cc(C(C)(C)F)c(OC)cc1C(O)C(=O)O. The topological polar surface area (TPSA) is 76.0 Å². The summed E-state index contributed by atoms with van der Waals surface area (Å²) in [6.07, 6.45) is -1.76. The second kappa shape index (κ2) is 5.44. The molecule has 0 amide bonds. The normalized spacial score (nSPS) is 12.9. The highest BCUT2D eigenvalue weighted by atomic mass is 19.1. The zero-order valence-corrected chi connectivity index (χ0v) is 11.2. The molecule has 1 rings (SSSR count). The summed E-state index contributed by atoms with van der Waals surface area (Å²) >= 11 is 0. The number of hydrogen-bond acceptors (Lipinski definition) is 4. The van der Waals surface area contributed by atoms with Crippen molar-refractivity contribution in [3.05, 3.63) is 23.3 Å². The van der Waals surface area contributed by atoms with Crippen molar-refractivity contribution < 1.29 is 28.9 Å². The van der Waals surface area contributed by atoms with Crippen molar-refractivity contribution >= 4 is 5.97 Å². The van der Waals surface area contributed by atoms with Crippen LogP contribution in [0.25, 0.3) is 0 Å². The van der Waals surface area contributed by atoms with E-state index in [0.717, 1.165) is 0 Å². The van der Waals surface area contributed by atoms with Crippen LogP contribution in [0.2, 0.25) is 0 Å². The molecule has 1 unspecified atom stereocenters. The number of carboxylic acid groups (broad SMARTS) is 1. The third-order valence-corrected chi connectivity index (χ3v) is 2.72. The number of aliphatic hydroxyl groups is 1. The van der Waals surface area contributed by atoms with Crippen LogP contribution in [-0.4, -0.2) is 30.4 Å². The number of methoxy groups -OCH3 is 2. The third-order valence-electron chi connectivity index (χ3n) is 2.72. The zero-order chi connectivity index (χ0) is 14.8. The van der Waals surface area contributed by atoms with E-state index in [-0.39, 0.29) is 22.6 Å². The number of alkyl halides is 1. The highest BCUT2D eigenvalue weighted by Gasteiger charge is 2.29. The van der Waals surface area contributed by atoms with E-state index in [4.69, 9.17) is 14.6 Å². The molecule has 0 aromatic heterocycles. The summed E-state index contributed by atoms with van der Waals surface area (Å²) < 4.78 is 24.1. The van der Waals surface area contributed by atoms with E-state index in [9.17, 15) is 14.3 Å². The van der Waals surface area contributed by atoms with E-state index in [0.29, 0.717) is 0 Å². The fraction of sp³-hybridized carbons (Fsp3) is 0.462. The fourth-order valence-electron chi connectivity index (χ4n) is 1.73. The van der Waals surface area contributed by atoms with Crippen molar-refractivity contribution in [3.63, 3.8) is 0 Å². The summed E-state index contributed by atoms with van der Waals surface area (Å²) in [4.78, 5) is 10.8. The minimum Gasteiger partial charge on any atom is -0.496 e. The van der Waals surface area contributed by atoms with Crippen molar-refractivity contribution in [3.8, 4) is 11.5 Å². The summed E-state index contributed by atoms with van der Waals surface area (Å²) in [6.45, 7) is 2.69. The number of carboxylic acids is 1. The van der Waals surface area contributed by atoms with E-state index in [1.165, 1.54) is 40.2 Å². The number of hydrogen-bond donors (Lipinski definition) is 2. The molecule has 6 heteroatoms. The Labute approximate surface area is 110 Å². The fourth-order valence-corrected chi connectivity index (χ4v) is 1.73. The van der Waals surface area contributed by atoms with E-state index in [2.05, 4.69) is 0 Å². The standard InChI is InChI=1S/C13H17FO5/c1-13(2,14)8-6-9(18-3)7(5-10(8)19-4)11(15)12(16)17/h5-6,11,15H,1-4H3,(H,16,17). The van der Waals surface area contributed by atoms with Gasteiger partial charge in [-0.3, -0.25) is 0 Å². The first-order chi connectivity index (χ1) is 8.72. The Bertz CT molecular complexity index is 479. The van der Waals surface area contributed by atoms with Crippen LogP contribution in [0, 0.1) is 0 Å². The summed E-state index contributed by atoms with van der Waals surface area (Å²) in [7, 11) is 2.66. The lowest BCUT2D eigenvalue weighted by Crippen LogP contribution is -2.15. The Hall–Kier alpha value is -1.82. The van der Waals surface area contributed by atoms with Gasteiger partial charge in [0.25, 0.3) is 0 Å². The summed E-state index contributed by atoms with van der Waals surface area (Å²) in [5.41, 5.74) is -1.46. The summed E-state index contributed by atoms with van der Waals surface area (Å²) in [5, 5.41) is 18.4. The van der Waals surface area contributed by atoms with Crippen molar-refractivity contribution in [1.29, 1.82) is 0 Å². The second-order valence-corrected chi connectivity index (χ2v) is 4.51. The minimum atomic E-state index is -1.76. The molecule has 0 bridgehead atoms. The molecule has 0 aliphatic heterocycles. The van der Waals surface area contributed by atoms with Crippen LogP contribution in [-0.2, 0) is 10.5 Å². The Balaban J connectivity index is 3.48. The molecule has 0 saturated carbocycles. The molecule has 1 atom stereocenters. The molecule has 0 radical (unpaired) electrons. The van der Waals surface area contributed by atoms with Crippen molar-refractivity contribution in [2.45, 2.75) is 25.6 Å². The number of aliphatic hydroxyl groups excluding tert-OH is 1. The first-order valence-corrected chi connectivity index (χ1v) is 5.58. The van der Waals surface area contributed by atoms with E-state index in [1.54, 1.807) is 0 Å². The zero-order valence-electron chi connectivity index (χ0n) is 11.2. The first kappa shape index (κ1) is 15.2.